The largest absolute Gasteiger partial charge is 0.455 e. The van der Waals surface area contributed by atoms with Gasteiger partial charge in [-0.15, -0.1) is 0 Å². The van der Waals surface area contributed by atoms with Gasteiger partial charge in [0.25, 0.3) is 0 Å². The second-order valence-electron chi connectivity index (χ2n) is 9.86. The number of hydrogen-bond acceptors (Lipinski definition) is 1. The van der Waals surface area contributed by atoms with Gasteiger partial charge in [-0.25, -0.2) is 0 Å². The van der Waals surface area contributed by atoms with Crippen molar-refractivity contribution in [3.05, 3.63) is 0 Å². The summed E-state index contributed by atoms with van der Waals surface area (Å²) < 4.78 is 8.85. The third kappa shape index (κ3) is 13.7. The maximum atomic E-state index is 6.72. The van der Waals surface area contributed by atoms with E-state index >= 15 is 0 Å². The zero-order chi connectivity index (χ0) is 16.9. The quantitative estimate of drug-likeness (QED) is 0.438. The fourth-order valence-corrected chi connectivity index (χ4v) is 11.6. The molecule has 0 aliphatic rings. The van der Waals surface area contributed by atoms with Gasteiger partial charge in [-0.05, 0) is 51.1 Å². The molecule has 5 heteroatoms. The first-order chi connectivity index (χ1) is 9.12. The summed E-state index contributed by atoms with van der Waals surface area (Å²) in [6, 6.07) is 2.60. The molecule has 3 nitrogen and oxygen atoms in total. The Bertz CT molecular complexity index is 274. The molecule has 0 aromatic rings. The van der Waals surface area contributed by atoms with Crippen LogP contribution in [0.1, 0.15) is 12.8 Å². The SMILES string of the molecule is C[N+](C)(C)CCC[Si](C)(C)O[Si](C)(C)CCC[N+](C)(C)C. The van der Waals surface area contributed by atoms with E-state index in [0.29, 0.717) is 0 Å². The summed E-state index contributed by atoms with van der Waals surface area (Å²) in [6.07, 6.45) is 2.60. The lowest BCUT2D eigenvalue weighted by molar-refractivity contribution is -0.870. The maximum Gasteiger partial charge on any atom is 0.173 e. The average Bonchev–Trinajstić information content (AvgIpc) is 2.09. The van der Waals surface area contributed by atoms with Crippen LogP contribution in [0.4, 0.5) is 0 Å². The van der Waals surface area contributed by atoms with Crippen LogP contribution in [0.2, 0.25) is 38.3 Å². The molecular formula is C16H42N2OSi2+2. The van der Waals surface area contributed by atoms with Gasteiger partial charge in [0, 0.05) is 0 Å². The summed E-state index contributed by atoms with van der Waals surface area (Å²) in [5.74, 6) is 0. The Hall–Kier alpha value is 0.314. The topological polar surface area (TPSA) is 9.23 Å². The van der Waals surface area contributed by atoms with Gasteiger partial charge in [-0.2, -0.15) is 0 Å². The zero-order valence-corrected chi connectivity index (χ0v) is 18.5. The summed E-state index contributed by atoms with van der Waals surface area (Å²) in [5, 5.41) is 0. The molecule has 0 fully saturated rings. The predicted octanol–water partition coefficient (Wildman–Crippen LogP) is 3.61. The highest BCUT2D eigenvalue weighted by Crippen LogP contribution is 2.24. The van der Waals surface area contributed by atoms with Crippen molar-refractivity contribution in [3.8, 4) is 0 Å². The molecule has 0 bridgehead atoms. The Balaban J connectivity index is 4.21. The second kappa shape index (κ2) is 7.73. The van der Waals surface area contributed by atoms with Gasteiger partial charge in [0.15, 0.2) is 16.6 Å². The van der Waals surface area contributed by atoms with Crippen LogP contribution in [-0.4, -0.2) is 81.0 Å². The first-order valence-corrected chi connectivity index (χ1v) is 14.7. The minimum Gasteiger partial charge on any atom is -0.455 e. The van der Waals surface area contributed by atoms with Gasteiger partial charge in [0.1, 0.15) is 0 Å². The van der Waals surface area contributed by atoms with Gasteiger partial charge in [-0.3, -0.25) is 0 Å². The molecule has 0 N–H and O–H groups in total. The standard InChI is InChI=1S/C16H42N2OSi2/c1-17(2,3)13-11-15-20(7,8)19-21(9,10)16-12-14-18(4,5)6/h11-16H2,1-10H3/q+2. The number of quaternary nitrogens is 2. The third-order valence-electron chi connectivity index (χ3n) is 3.77. The summed E-state index contributed by atoms with van der Waals surface area (Å²) in [4.78, 5) is 0. The van der Waals surface area contributed by atoms with Crippen LogP contribution in [0, 0.1) is 0 Å². The number of rotatable bonds is 10. The Morgan fingerprint density at radius 1 is 0.619 bits per heavy atom. The Kier molecular flexibility index (Phi) is 7.84. The van der Waals surface area contributed by atoms with Crippen LogP contribution in [0.3, 0.4) is 0 Å². The molecule has 0 amide bonds. The Morgan fingerprint density at radius 2 is 0.905 bits per heavy atom. The van der Waals surface area contributed by atoms with Crippen LogP contribution in [0.25, 0.3) is 0 Å². The maximum absolute atomic E-state index is 6.72. The van der Waals surface area contributed by atoms with E-state index in [1.165, 1.54) is 38.0 Å². The van der Waals surface area contributed by atoms with Gasteiger partial charge in [0.05, 0.1) is 55.4 Å². The highest BCUT2D eigenvalue weighted by Gasteiger charge is 2.33. The summed E-state index contributed by atoms with van der Waals surface area (Å²) in [7, 11) is 10.7. The van der Waals surface area contributed by atoms with Crippen molar-refractivity contribution in [3.63, 3.8) is 0 Å². The van der Waals surface area contributed by atoms with E-state index in [4.69, 9.17) is 4.12 Å². The molecule has 0 saturated heterocycles. The van der Waals surface area contributed by atoms with E-state index in [9.17, 15) is 0 Å². The third-order valence-corrected chi connectivity index (χ3v) is 11.3. The van der Waals surface area contributed by atoms with E-state index in [0.717, 1.165) is 8.97 Å². The van der Waals surface area contributed by atoms with Crippen molar-refractivity contribution >= 4 is 16.6 Å². The van der Waals surface area contributed by atoms with Crippen LogP contribution >= 0.6 is 0 Å². The minimum atomic E-state index is -1.49. The smallest absolute Gasteiger partial charge is 0.173 e. The molecule has 0 aliphatic heterocycles. The lowest BCUT2D eigenvalue weighted by Gasteiger charge is -2.35. The predicted molar refractivity (Wildman–Crippen MR) is 101 cm³/mol. The van der Waals surface area contributed by atoms with Gasteiger partial charge in [0.2, 0.25) is 0 Å². The fourth-order valence-electron chi connectivity index (χ4n) is 2.81. The van der Waals surface area contributed by atoms with Crippen molar-refractivity contribution < 1.29 is 13.1 Å². The van der Waals surface area contributed by atoms with Gasteiger partial charge < -0.3 is 13.1 Å². The summed E-state index contributed by atoms with van der Waals surface area (Å²) in [5.41, 5.74) is 0. The monoisotopic (exact) mass is 334 g/mol. The normalized spacial score (nSPS) is 14.6. The van der Waals surface area contributed by atoms with Crippen molar-refractivity contribution in [1.82, 2.24) is 0 Å². The lowest BCUT2D eigenvalue weighted by atomic mass is 10.4. The van der Waals surface area contributed by atoms with Crippen LogP contribution in [0.15, 0.2) is 0 Å². The molecule has 0 unspecified atom stereocenters. The minimum absolute atomic E-state index is 1.06. The average molecular weight is 335 g/mol. The molecule has 0 aromatic carbocycles. The number of hydrogen-bond donors (Lipinski definition) is 0. The Labute approximate surface area is 136 Å². The molecule has 0 radical (unpaired) electrons. The lowest BCUT2D eigenvalue weighted by Crippen LogP contribution is -2.46. The molecule has 128 valence electrons. The Morgan fingerprint density at radius 3 is 1.14 bits per heavy atom. The second-order valence-corrected chi connectivity index (χ2v) is 18.7. The molecule has 0 saturated carbocycles. The number of nitrogens with zero attached hydrogens (tertiary/aromatic N) is 2. The first kappa shape index (κ1) is 21.3. The van der Waals surface area contributed by atoms with E-state index < -0.39 is 16.6 Å². The van der Waals surface area contributed by atoms with Crippen molar-refractivity contribution in [1.29, 1.82) is 0 Å². The van der Waals surface area contributed by atoms with E-state index in [2.05, 4.69) is 68.5 Å². The van der Waals surface area contributed by atoms with Gasteiger partial charge in [-0.1, -0.05) is 0 Å². The molecule has 0 heterocycles. The summed E-state index contributed by atoms with van der Waals surface area (Å²) >= 11 is 0. The van der Waals surface area contributed by atoms with Crippen LogP contribution in [0.5, 0.6) is 0 Å². The van der Waals surface area contributed by atoms with E-state index in [1.807, 2.05) is 0 Å². The first-order valence-electron chi connectivity index (χ1n) is 8.43. The molecule has 0 aromatic heterocycles. The van der Waals surface area contributed by atoms with Crippen molar-refractivity contribution in [2.75, 3.05) is 55.4 Å². The van der Waals surface area contributed by atoms with E-state index in [1.54, 1.807) is 0 Å². The van der Waals surface area contributed by atoms with Crippen molar-refractivity contribution in [2.24, 2.45) is 0 Å². The molecule has 0 atom stereocenters. The zero-order valence-electron chi connectivity index (χ0n) is 16.5. The van der Waals surface area contributed by atoms with Crippen LogP contribution in [-0.2, 0) is 4.12 Å². The highest BCUT2D eigenvalue weighted by molar-refractivity contribution is 6.84. The molecule has 0 rings (SSSR count). The fraction of sp³-hybridized carbons (Fsp3) is 1.00. The molecular weight excluding hydrogens is 292 g/mol. The summed E-state index contributed by atoms with van der Waals surface area (Å²) in [6.45, 7) is 12.2. The van der Waals surface area contributed by atoms with Gasteiger partial charge >= 0.3 is 0 Å². The molecule has 0 spiro atoms. The van der Waals surface area contributed by atoms with Crippen molar-refractivity contribution in [2.45, 2.75) is 51.1 Å². The highest BCUT2D eigenvalue weighted by atomic mass is 28.4. The van der Waals surface area contributed by atoms with Crippen LogP contribution < -0.4 is 0 Å². The van der Waals surface area contributed by atoms with E-state index in [-0.39, 0.29) is 0 Å². The molecule has 21 heavy (non-hydrogen) atoms. The molecule has 0 aliphatic carbocycles.